The fraction of sp³-hybridized carbons (Fsp3) is 0.700. The molecule has 0 aromatic heterocycles. The molecule has 0 fully saturated rings. The number of carboxylic acids is 1. The monoisotopic (exact) mass is 216 g/mol. The topological polar surface area (TPSA) is 80.7 Å². The minimum absolute atomic E-state index is 0.182. The van der Waals surface area contributed by atoms with Crippen LogP contribution in [0.25, 0.3) is 0 Å². The molecule has 0 bridgehead atoms. The van der Waals surface area contributed by atoms with E-state index in [2.05, 4.69) is 4.74 Å². The Morgan fingerprint density at radius 1 is 1.27 bits per heavy atom. The van der Waals surface area contributed by atoms with Gasteiger partial charge < -0.3 is 9.84 Å². The summed E-state index contributed by atoms with van der Waals surface area (Å²) >= 11 is 0. The molecule has 1 unspecified atom stereocenters. The highest BCUT2D eigenvalue weighted by Gasteiger charge is 2.30. The van der Waals surface area contributed by atoms with Crippen molar-refractivity contribution in [1.82, 2.24) is 0 Å². The van der Waals surface area contributed by atoms with Gasteiger partial charge in [0.05, 0.1) is 13.0 Å². The predicted molar refractivity (Wildman–Crippen MR) is 52.2 cm³/mol. The summed E-state index contributed by atoms with van der Waals surface area (Å²) in [6.07, 6.45) is -0.389. The molecule has 0 radical (unpaired) electrons. The first-order valence-corrected chi connectivity index (χ1v) is 4.82. The molecule has 86 valence electrons. The number of carbonyl (C=O) groups is 3. The maximum Gasteiger partial charge on any atom is 0.314 e. The third-order valence-corrected chi connectivity index (χ3v) is 1.89. The summed E-state index contributed by atoms with van der Waals surface area (Å²) in [6, 6.07) is 0. The summed E-state index contributed by atoms with van der Waals surface area (Å²) in [7, 11) is 0. The normalized spacial score (nSPS) is 12.3. The van der Waals surface area contributed by atoms with E-state index < -0.39 is 29.6 Å². The van der Waals surface area contributed by atoms with Crippen LogP contribution in [0.15, 0.2) is 0 Å². The van der Waals surface area contributed by atoms with Crippen molar-refractivity contribution in [3.05, 3.63) is 0 Å². The standard InChI is InChI=1S/C10H16O5/c1-4-15-8(11)5-7(10(13)14)9(12)6(2)3/h6-7H,4-5H2,1-3H3,(H,13,14). The molecule has 5 heteroatoms. The Bertz CT molecular complexity index is 257. The van der Waals surface area contributed by atoms with Gasteiger partial charge in [-0.05, 0) is 6.92 Å². The number of ketones is 1. The summed E-state index contributed by atoms with van der Waals surface area (Å²) in [5.41, 5.74) is 0. The van der Waals surface area contributed by atoms with Crippen molar-refractivity contribution in [2.45, 2.75) is 27.2 Å². The maximum atomic E-state index is 11.4. The first-order valence-electron chi connectivity index (χ1n) is 4.82. The highest BCUT2D eigenvalue weighted by molar-refractivity contribution is 6.01. The highest BCUT2D eigenvalue weighted by atomic mass is 16.5. The summed E-state index contributed by atoms with van der Waals surface area (Å²) < 4.78 is 4.60. The van der Waals surface area contributed by atoms with Crippen molar-refractivity contribution >= 4 is 17.7 Å². The van der Waals surface area contributed by atoms with Gasteiger partial charge in [-0.15, -0.1) is 0 Å². The summed E-state index contributed by atoms with van der Waals surface area (Å²) in [6.45, 7) is 5.01. The number of carbonyl (C=O) groups excluding carboxylic acids is 2. The molecule has 0 aromatic carbocycles. The van der Waals surface area contributed by atoms with E-state index in [1.807, 2.05) is 0 Å². The molecule has 0 aliphatic carbocycles. The highest BCUT2D eigenvalue weighted by Crippen LogP contribution is 2.12. The van der Waals surface area contributed by atoms with E-state index in [-0.39, 0.29) is 13.0 Å². The number of aliphatic carboxylic acids is 1. The molecule has 1 N–H and O–H groups in total. The number of rotatable bonds is 6. The van der Waals surface area contributed by atoms with Crippen LogP contribution in [0, 0.1) is 11.8 Å². The number of Topliss-reactive ketones (excluding diaryl/α,β-unsaturated/α-hetero) is 1. The second kappa shape index (κ2) is 6.16. The van der Waals surface area contributed by atoms with Crippen molar-refractivity contribution in [2.75, 3.05) is 6.61 Å². The summed E-state index contributed by atoms with van der Waals surface area (Å²) in [5.74, 6) is -4.07. The molecule has 0 aliphatic rings. The molecule has 0 heterocycles. The van der Waals surface area contributed by atoms with E-state index >= 15 is 0 Å². The average molecular weight is 216 g/mol. The zero-order valence-electron chi connectivity index (χ0n) is 9.15. The van der Waals surface area contributed by atoms with Crippen LogP contribution in [0.3, 0.4) is 0 Å². The third kappa shape index (κ3) is 4.58. The van der Waals surface area contributed by atoms with Gasteiger partial charge in [0, 0.05) is 5.92 Å². The third-order valence-electron chi connectivity index (χ3n) is 1.89. The van der Waals surface area contributed by atoms with E-state index in [9.17, 15) is 14.4 Å². The van der Waals surface area contributed by atoms with Crippen LogP contribution in [0.2, 0.25) is 0 Å². The molecule has 0 rings (SSSR count). The quantitative estimate of drug-likeness (QED) is 0.526. The van der Waals surface area contributed by atoms with Crippen LogP contribution >= 0.6 is 0 Å². The van der Waals surface area contributed by atoms with E-state index in [0.717, 1.165) is 0 Å². The Balaban J connectivity index is 4.48. The molecule has 15 heavy (non-hydrogen) atoms. The van der Waals surface area contributed by atoms with E-state index in [1.54, 1.807) is 20.8 Å². The van der Waals surface area contributed by atoms with Gasteiger partial charge in [0.25, 0.3) is 0 Å². The molecule has 0 amide bonds. The van der Waals surface area contributed by atoms with Crippen molar-refractivity contribution in [3.63, 3.8) is 0 Å². The summed E-state index contributed by atoms with van der Waals surface area (Å²) in [5, 5.41) is 8.78. The first-order chi connectivity index (χ1) is 6.90. The molecule has 0 aliphatic heterocycles. The van der Waals surface area contributed by atoms with Gasteiger partial charge in [0.15, 0.2) is 0 Å². The number of ether oxygens (including phenoxy) is 1. The zero-order valence-corrected chi connectivity index (χ0v) is 9.15. The molecule has 0 saturated carbocycles. The van der Waals surface area contributed by atoms with Gasteiger partial charge in [0.2, 0.25) is 0 Å². The van der Waals surface area contributed by atoms with Gasteiger partial charge in [-0.1, -0.05) is 13.8 Å². The summed E-state index contributed by atoms with van der Waals surface area (Å²) in [4.78, 5) is 33.2. The van der Waals surface area contributed by atoms with Crippen molar-refractivity contribution < 1.29 is 24.2 Å². The van der Waals surface area contributed by atoms with Crippen LogP contribution in [-0.4, -0.2) is 29.4 Å². The zero-order chi connectivity index (χ0) is 12.0. The van der Waals surface area contributed by atoms with Crippen molar-refractivity contribution in [1.29, 1.82) is 0 Å². The molecule has 5 nitrogen and oxygen atoms in total. The lowest BCUT2D eigenvalue weighted by Crippen LogP contribution is -2.30. The lowest BCUT2D eigenvalue weighted by molar-refractivity contribution is -0.155. The maximum absolute atomic E-state index is 11.4. The smallest absolute Gasteiger partial charge is 0.314 e. The van der Waals surface area contributed by atoms with Crippen molar-refractivity contribution in [2.24, 2.45) is 11.8 Å². The van der Waals surface area contributed by atoms with Crippen molar-refractivity contribution in [3.8, 4) is 0 Å². The Labute approximate surface area is 88.4 Å². The lowest BCUT2D eigenvalue weighted by atomic mass is 9.93. The van der Waals surface area contributed by atoms with Gasteiger partial charge in [0.1, 0.15) is 11.7 Å². The lowest BCUT2D eigenvalue weighted by Gasteiger charge is -2.12. The number of hydrogen-bond donors (Lipinski definition) is 1. The number of hydrogen-bond acceptors (Lipinski definition) is 4. The van der Waals surface area contributed by atoms with E-state index in [1.165, 1.54) is 0 Å². The van der Waals surface area contributed by atoms with E-state index in [4.69, 9.17) is 5.11 Å². The predicted octanol–water partition coefficient (Wildman–Crippen LogP) is 0.866. The van der Waals surface area contributed by atoms with Crippen LogP contribution in [-0.2, 0) is 19.1 Å². The molecule has 0 aromatic rings. The molecular formula is C10H16O5. The average Bonchev–Trinajstić information content (AvgIpc) is 2.13. The molecular weight excluding hydrogens is 200 g/mol. The van der Waals surface area contributed by atoms with Crippen LogP contribution in [0.4, 0.5) is 0 Å². The number of esters is 1. The van der Waals surface area contributed by atoms with Gasteiger partial charge in [-0.3, -0.25) is 14.4 Å². The Hall–Kier alpha value is -1.39. The SMILES string of the molecule is CCOC(=O)CC(C(=O)O)C(=O)C(C)C. The largest absolute Gasteiger partial charge is 0.481 e. The first kappa shape index (κ1) is 13.6. The van der Waals surface area contributed by atoms with E-state index in [0.29, 0.717) is 0 Å². The Morgan fingerprint density at radius 3 is 2.13 bits per heavy atom. The van der Waals surface area contributed by atoms with Gasteiger partial charge in [-0.2, -0.15) is 0 Å². The second-order valence-electron chi connectivity index (χ2n) is 3.46. The molecule has 0 spiro atoms. The second-order valence-corrected chi connectivity index (χ2v) is 3.46. The molecule has 0 saturated heterocycles. The van der Waals surface area contributed by atoms with Gasteiger partial charge in [-0.25, -0.2) is 0 Å². The Morgan fingerprint density at radius 2 is 1.80 bits per heavy atom. The van der Waals surface area contributed by atoms with Gasteiger partial charge >= 0.3 is 11.9 Å². The molecule has 1 atom stereocenters. The fourth-order valence-electron chi connectivity index (χ4n) is 1.10. The van der Waals surface area contributed by atoms with Crippen LogP contribution in [0.5, 0.6) is 0 Å². The Kier molecular flexibility index (Phi) is 5.59. The van der Waals surface area contributed by atoms with Crippen LogP contribution in [0.1, 0.15) is 27.2 Å². The fourth-order valence-corrected chi connectivity index (χ4v) is 1.10. The number of carboxylic acid groups (broad SMARTS) is 1. The minimum atomic E-state index is -1.29. The van der Waals surface area contributed by atoms with Crippen LogP contribution < -0.4 is 0 Å². The minimum Gasteiger partial charge on any atom is -0.481 e.